The van der Waals surface area contributed by atoms with E-state index in [1.54, 1.807) is 28.6 Å². The van der Waals surface area contributed by atoms with Crippen LogP contribution < -0.4 is 5.32 Å². The summed E-state index contributed by atoms with van der Waals surface area (Å²) in [5.41, 5.74) is 0.564. The summed E-state index contributed by atoms with van der Waals surface area (Å²) in [5, 5.41) is 7.20. The van der Waals surface area contributed by atoms with Crippen molar-refractivity contribution in [1.82, 2.24) is 14.8 Å². The third kappa shape index (κ3) is 3.09. The Kier molecular flexibility index (Phi) is 4.96. The SMILES string of the molecule is Cl.O=S(=O)(c1ccccc1-c1ccno1)N1CC2CCCC(C1)N2. The van der Waals surface area contributed by atoms with Gasteiger partial charge in [-0.3, -0.25) is 0 Å². The highest BCUT2D eigenvalue weighted by molar-refractivity contribution is 7.89. The standard InChI is InChI=1S/C16H19N3O3S.ClH/c20-23(21,19-10-12-4-3-5-13(11-19)18-12)16-7-2-1-6-14(16)15-8-9-17-22-15;/h1-2,6-9,12-13,18H,3-5,10-11H2;1H. The van der Waals surface area contributed by atoms with Crippen LogP contribution in [-0.4, -0.2) is 43.1 Å². The molecule has 1 aromatic carbocycles. The predicted molar refractivity (Wildman–Crippen MR) is 92.5 cm³/mol. The van der Waals surface area contributed by atoms with Crippen molar-refractivity contribution in [3.63, 3.8) is 0 Å². The second kappa shape index (κ2) is 6.84. The van der Waals surface area contributed by atoms with E-state index in [4.69, 9.17) is 4.52 Å². The Balaban J connectivity index is 0.00000169. The van der Waals surface area contributed by atoms with Crippen LogP contribution in [0, 0.1) is 0 Å². The minimum Gasteiger partial charge on any atom is -0.356 e. The molecule has 4 rings (SSSR count). The van der Waals surface area contributed by atoms with E-state index in [9.17, 15) is 8.42 Å². The minimum absolute atomic E-state index is 0. The first-order valence-electron chi connectivity index (χ1n) is 7.91. The number of sulfonamides is 1. The molecule has 0 amide bonds. The van der Waals surface area contributed by atoms with Gasteiger partial charge in [-0.25, -0.2) is 8.42 Å². The molecule has 6 nitrogen and oxygen atoms in total. The van der Waals surface area contributed by atoms with Gasteiger partial charge in [-0.1, -0.05) is 23.7 Å². The normalized spacial score (nSPS) is 24.3. The lowest BCUT2D eigenvalue weighted by Gasteiger charge is -2.41. The highest BCUT2D eigenvalue weighted by Gasteiger charge is 2.37. The number of hydrogen-bond donors (Lipinski definition) is 1. The first-order valence-corrected chi connectivity index (χ1v) is 9.35. The molecule has 2 aliphatic rings. The van der Waals surface area contributed by atoms with Gasteiger partial charge in [0, 0.05) is 36.8 Å². The average Bonchev–Trinajstić information content (AvgIpc) is 3.09. The number of fused-ring (bicyclic) bond motifs is 2. The van der Waals surface area contributed by atoms with Crippen molar-refractivity contribution in [2.45, 2.75) is 36.2 Å². The molecule has 130 valence electrons. The van der Waals surface area contributed by atoms with Crippen molar-refractivity contribution in [2.75, 3.05) is 13.1 Å². The summed E-state index contributed by atoms with van der Waals surface area (Å²) >= 11 is 0. The van der Waals surface area contributed by atoms with Gasteiger partial charge in [0.2, 0.25) is 10.0 Å². The summed E-state index contributed by atoms with van der Waals surface area (Å²) in [7, 11) is -3.56. The average molecular weight is 370 g/mol. The van der Waals surface area contributed by atoms with E-state index >= 15 is 0 Å². The van der Waals surface area contributed by atoms with Crippen molar-refractivity contribution in [1.29, 1.82) is 0 Å². The van der Waals surface area contributed by atoms with Crippen LogP contribution >= 0.6 is 12.4 Å². The summed E-state index contributed by atoms with van der Waals surface area (Å²) in [6, 6.07) is 9.16. The highest BCUT2D eigenvalue weighted by Crippen LogP contribution is 2.31. The van der Waals surface area contributed by atoms with Gasteiger partial charge in [0.15, 0.2) is 5.76 Å². The zero-order valence-corrected chi connectivity index (χ0v) is 14.7. The van der Waals surface area contributed by atoms with Crippen LogP contribution in [0.25, 0.3) is 11.3 Å². The molecule has 3 heterocycles. The molecule has 2 bridgehead atoms. The summed E-state index contributed by atoms with van der Waals surface area (Å²) in [6.07, 6.45) is 4.76. The first-order chi connectivity index (χ1) is 11.1. The van der Waals surface area contributed by atoms with E-state index in [1.165, 1.54) is 12.6 Å². The van der Waals surface area contributed by atoms with Gasteiger partial charge in [0.05, 0.1) is 11.1 Å². The van der Waals surface area contributed by atoms with E-state index in [1.807, 2.05) is 6.07 Å². The molecule has 2 fully saturated rings. The third-order valence-corrected chi connectivity index (χ3v) is 6.52. The van der Waals surface area contributed by atoms with Crippen LogP contribution in [0.1, 0.15) is 19.3 Å². The number of aromatic nitrogens is 1. The van der Waals surface area contributed by atoms with E-state index in [-0.39, 0.29) is 29.4 Å². The number of piperazine rings is 1. The lowest BCUT2D eigenvalue weighted by molar-refractivity contribution is 0.190. The molecule has 24 heavy (non-hydrogen) atoms. The number of rotatable bonds is 3. The number of benzene rings is 1. The Morgan fingerprint density at radius 2 is 1.83 bits per heavy atom. The van der Waals surface area contributed by atoms with Gasteiger partial charge < -0.3 is 9.84 Å². The van der Waals surface area contributed by atoms with Gasteiger partial charge in [0.25, 0.3) is 0 Å². The fourth-order valence-electron chi connectivity index (χ4n) is 3.55. The molecule has 2 unspecified atom stereocenters. The summed E-state index contributed by atoms with van der Waals surface area (Å²) in [6.45, 7) is 1.06. The van der Waals surface area contributed by atoms with Crippen molar-refractivity contribution >= 4 is 22.4 Å². The highest BCUT2D eigenvalue weighted by atomic mass is 35.5. The zero-order chi connectivity index (χ0) is 15.9. The number of nitrogens with zero attached hydrogens (tertiary/aromatic N) is 2. The maximum atomic E-state index is 13.2. The monoisotopic (exact) mass is 369 g/mol. The Labute approximate surface area is 147 Å². The second-order valence-electron chi connectivity index (χ2n) is 6.19. The fourth-order valence-corrected chi connectivity index (χ4v) is 5.28. The smallest absolute Gasteiger partial charge is 0.243 e. The van der Waals surface area contributed by atoms with Gasteiger partial charge in [-0.05, 0) is 25.0 Å². The van der Waals surface area contributed by atoms with Gasteiger partial charge in [-0.2, -0.15) is 4.31 Å². The molecular weight excluding hydrogens is 350 g/mol. The second-order valence-corrected chi connectivity index (χ2v) is 8.09. The van der Waals surface area contributed by atoms with Crippen LogP contribution in [0.4, 0.5) is 0 Å². The Morgan fingerprint density at radius 3 is 2.50 bits per heavy atom. The van der Waals surface area contributed by atoms with Crippen molar-refractivity contribution in [3.8, 4) is 11.3 Å². The van der Waals surface area contributed by atoms with Gasteiger partial charge in [-0.15, -0.1) is 12.4 Å². The summed E-state index contributed by atoms with van der Waals surface area (Å²) < 4.78 is 33.1. The number of hydrogen-bond acceptors (Lipinski definition) is 5. The molecule has 2 aliphatic heterocycles. The molecular formula is C16H20ClN3O3S. The molecule has 8 heteroatoms. The molecule has 2 aromatic rings. The molecule has 2 atom stereocenters. The van der Waals surface area contributed by atoms with Crippen molar-refractivity contribution in [3.05, 3.63) is 36.5 Å². The van der Waals surface area contributed by atoms with Crippen molar-refractivity contribution in [2.24, 2.45) is 0 Å². The van der Waals surface area contributed by atoms with E-state index in [2.05, 4.69) is 10.5 Å². The number of halogens is 1. The van der Waals surface area contributed by atoms with Gasteiger partial charge >= 0.3 is 0 Å². The van der Waals surface area contributed by atoms with Crippen LogP contribution in [0.15, 0.2) is 45.9 Å². The molecule has 2 saturated heterocycles. The molecule has 0 spiro atoms. The fraction of sp³-hybridized carbons (Fsp3) is 0.438. The molecule has 0 aliphatic carbocycles. The first kappa shape index (κ1) is 17.4. The maximum Gasteiger partial charge on any atom is 0.243 e. The zero-order valence-electron chi connectivity index (χ0n) is 13.1. The van der Waals surface area contributed by atoms with Crippen LogP contribution in [0.2, 0.25) is 0 Å². The lowest BCUT2D eigenvalue weighted by atomic mass is 9.96. The van der Waals surface area contributed by atoms with Crippen LogP contribution in [0.5, 0.6) is 0 Å². The van der Waals surface area contributed by atoms with E-state index in [0.717, 1.165) is 12.8 Å². The van der Waals surface area contributed by atoms with E-state index in [0.29, 0.717) is 24.4 Å². The van der Waals surface area contributed by atoms with Crippen LogP contribution in [-0.2, 0) is 10.0 Å². The summed E-state index contributed by atoms with van der Waals surface area (Å²) in [5.74, 6) is 0.472. The largest absolute Gasteiger partial charge is 0.356 e. The van der Waals surface area contributed by atoms with Gasteiger partial charge in [0.1, 0.15) is 0 Å². The van der Waals surface area contributed by atoms with Crippen molar-refractivity contribution < 1.29 is 12.9 Å². The minimum atomic E-state index is -3.56. The quantitative estimate of drug-likeness (QED) is 0.898. The number of nitrogens with one attached hydrogen (secondary N) is 1. The Morgan fingerprint density at radius 1 is 1.12 bits per heavy atom. The Hall–Kier alpha value is -1.41. The maximum absolute atomic E-state index is 13.2. The molecule has 1 aromatic heterocycles. The molecule has 0 saturated carbocycles. The predicted octanol–water partition coefficient (Wildman–Crippen LogP) is 2.28. The third-order valence-electron chi connectivity index (χ3n) is 4.63. The number of piperidine rings is 1. The lowest BCUT2D eigenvalue weighted by Crippen LogP contribution is -2.59. The van der Waals surface area contributed by atoms with Crippen LogP contribution in [0.3, 0.4) is 0 Å². The summed E-state index contributed by atoms with van der Waals surface area (Å²) in [4.78, 5) is 0.289. The Bertz CT molecular complexity index is 783. The molecule has 0 radical (unpaired) electrons. The topological polar surface area (TPSA) is 75.4 Å². The van der Waals surface area contributed by atoms with E-state index < -0.39 is 10.0 Å². The molecule has 1 N–H and O–H groups in total.